The standard InChI is InChI=1S/C19H26O2/c1-21-19-13-17-10-5-3-2-4-8-16(15-20)9-6-7-11-18(12-17)14-19/h8,12-15H,2-7,9-11H2,1H3/b16-8+. The third-order valence-corrected chi connectivity index (χ3v) is 4.17. The van der Waals surface area contributed by atoms with Crippen molar-refractivity contribution in [2.45, 2.75) is 57.8 Å². The molecule has 114 valence electrons. The number of methoxy groups -OCH3 is 1. The van der Waals surface area contributed by atoms with Gasteiger partial charge in [0.05, 0.1) is 7.11 Å². The summed E-state index contributed by atoms with van der Waals surface area (Å²) in [6.45, 7) is 0. The molecular formula is C19H26O2. The number of rotatable bonds is 2. The Balaban J connectivity index is 2.07. The highest BCUT2D eigenvalue weighted by molar-refractivity contribution is 5.72. The highest BCUT2D eigenvalue weighted by Crippen LogP contribution is 2.21. The Labute approximate surface area is 128 Å². The lowest BCUT2D eigenvalue weighted by molar-refractivity contribution is -0.105. The summed E-state index contributed by atoms with van der Waals surface area (Å²) in [7, 11) is 1.74. The molecule has 1 aliphatic carbocycles. The van der Waals surface area contributed by atoms with Crippen molar-refractivity contribution in [2.75, 3.05) is 7.11 Å². The second-order valence-corrected chi connectivity index (χ2v) is 5.89. The van der Waals surface area contributed by atoms with E-state index in [0.29, 0.717) is 0 Å². The third kappa shape index (κ3) is 5.37. The van der Waals surface area contributed by atoms with E-state index < -0.39 is 0 Å². The first-order chi connectivity index (χ1) is 10.3. The van der Waals surface area contributed by atoms with Crippen LogP contribution in [-0.4, -0.2) is 13.4 Å². The van der Waals surface area contributed by atoms with E-state index in [4.69, 9.17) is 4.74 Å². The maximum absolute atomic E-state index is 11.0. The van der Waals surface area contributed by atoms with E-state index >= 15 is 0 Å². The van der Waals surface area contributed by atoms with E-state index in [1.165, 1.54) is 30.4 Å². The lowest BCUT2D eigenvalue weighted by Gasteiger charge is -2.10. The van der Waals surface area contributed by atoms with Gasteiger partial charge in [0.25, 0.3) is 0 Å². The second-order valence-electron chi connectivity index (χ2n) is 5.89. The van der Waals surface area contributed by atoms with Crippen molar-refractivity contribution in [1.29, 1.82) is 0 Å². The van der Waals surface area contributed by atoms with Gasteiger partial charge in [-0.2, -0.15) is 0 Å². The molecule has 0 amide bonds. The van der Waals surface area contributed by atoms with Crippen LogP contribution < -0.4 is 4.74 Å². The average molecular weight is 286 g/mol. The molecule has 1 aromatic rings. The molecule has 2 bridgehead atoms. The zero-order chi connectivity index (χ0) is 14.9. The molecule has 0 aliphatic heterocycles. The van der Waals surface area contributed by atoms with E-state index in [-0.39, 0.29) is 0 Å². The number of allylic oxidation sites excluding steroid dienone is 2. The molecular weight excluding hydrogens is 260 g/mol. The van der Waals surface area contributed by atoms with Crippen LogP contribution in [0.5, 0.6) is 5.75 Å². The maximum Gasteiger partial charge on any atom is 0.145 e. The number of ether oxygens (including phenoxy) is 1. The Kier molecular flexibility index (Phi) is 6.52. The number of benzene rings is 1. The van der Waals surface area contributed by atoms with Gasteiger partial charge >= 0.3 is 0 Å². The first kappa shape index (κ1) is 15.8. The van der Waals surface area contributed by atoms with Gasteiger partial charge in [0.1, 0.15) is 12.0 Å². The van der Waals surface area contributed by atoms with Crippen molar-refractivity contribution in [1.82, 2.24) is 0 Å². The van der Waals surface area contributed by atoms with Crippen LogP contribution in [0.1, 0.15) is 56.1 Å². The Bertz CT molecular complexity index is 488. The average Bonchev–Trinajstić information content (AvgIpc) is 2.51. The zero-order valence-electron chi connectivity index (χ0n) is 13.1. The predicted molar refractivity (Wildman–Crippen MR) is 86.9 cm³/mol. The molecule has 0 saturated heterocycles. The number of carbonyl (C=O) groups is 1. The number of fused-ring (bicyclic) bond motifs is 2. The summed E-state index contributed by atoms with van der Waals surface area (Å²) in [6.07, 6.45) is 13.1. The summed E-state index contributed by atoms with van der Waals surface area (Å²) >= 11 is 0. The molecule has 21 heavy (non-hydrogen) atoms. The van der Waals surface area contributed by atoms with E-state index in [9.17, 15) is 4.79 Å². The van der Waals surface area contributed by atoms with Crippen LogP contribution in [0.4, 0.5) is 0 Å². The van der Waals surface area contributed by atoms with Crippen LogP contribution in [0.25, 0.3) is 0 Å². The van der Waals surface area contributed by atoms with Gasteiger partial charge in [-0.25, -0.2) is 0 Å². The smallest absolute Gasteiger partial charge is 0.145 e. The fraction of sp³-hybridized carbons (Fsp3) is 0.526. The summed E-state index contributed by atoms with van der Waals surface area (Å²) in [5.41, 5.74) is 3.74. The first-order valence-corrected chi connectivity index (χ1v) is 8.13. The molecule has 0 radical (unpaired) electrons. The molecule has 0 unspecified atom stereocenters. The van der Waals surface area contributed by atoms with Gasteiger partial charge in [-0.15, -0.1) is 0 Å². The molecule has 0 fully saturated rings. The highest BCUT2D eigenvalue weighted by Gasteiger charge is 2.04. The Morgan fingerprint density at radius 3 is 2.24 bits per heavy atom. The fourth-order valence-electron chi connectivity index (χ4n) is 2.94. The largest absolute Gasteiger partial charge is 0.497 e. The number of carbonyl (C=O) groups excluding carboxylic acids is 1. The molecule has 2 heteroatoms. The highest BCUT2D eigenvalue weighted by atomic mass is 16.5. The quantitative estimate of drug-likeness (QED) is 0.740. The van der Waals surface area contributed by atoms with Crippen LogP contribution in [0, 0.1) is 0 Å². The van der Waals surface area contributed by atoms with Crippen LogP contribution in [0.2, 0.25) is 0 Å². The lowest BCUT2D eigenvalue weighted by Crippen LogP contribution is -1.95. The molecule has 0 heterocycles. The van der Waals surface area contributed by atoms with E-state index in [1.807, 2.05) is 0 Å². The molecule has 0 spiro atoms. The van der Waals surface area contributed by atoms with E-state index in [1.54, 1.807) is 7.11 Å². The molecule has 0 atom stereocenters. The number of aryl methyl sites for hydroxylation is 2. The van der Waals surface area contributed by atoms with Gasteiger partial charge in [0.15, 0.2) is 0 Å². The monoisotopic (exact) mass is 286 g/mol. The predicted octanol–water partition coefficient (Wildman–Crippen LogP) is 4.65. The minimum atomic E-state index is 0.917. The van der Waals surface area contributed by atoms with E-state index in [0.717, 1.165) is 56.1 Å². The number of hydrogen-bond donors (Lipinski definition) is 0. The Morgan fingerprint density at radius 2 is 1.57 bits per heavy atom. The van der Waals surface area contributed by atoms with Crippen molar-refractivity contribution in [2.24, 2.45) is 0 Å². The lowest BCUT2D eigenvalue weighted by atomic mass is 9.98. The summed E-state index contributed by atoms with van der Waals surface area (Å²) in [5, 5.41) is 0. The van der Waals surface area contributed by atoms with Gasteiger partial charge in [-0.1, -0.05) is 18.6 Å². The van der Waals surface area contributed by atoms with Crippen molar-refractivity contribution in [3.63, 3.8) is 0 Å². The van der Waals surface area contributed by atoms with Crippen LogP contribution in [0.3, 0.4) is 0 Å². The Hall–Kier alpha value is -1.57. The zero-order valence-corrected chi connectivity index (χ0v) is 13.1. The van der Waals surface area contributed by atoms with Crippen LogP contribution in [0.15, 0.2) is 29.8 Å². The third-order valence-electron chi connectivity index (χ3n) is 4.17. The minimum Gasteiger partial charge on any atom is -0.497 e. The number of aldehydes is 1. The van der Waals surface area contributed by atoms with Gasteiger partial charge < -0.3 is 4.74 Å². The van der Waals surface area contributed by atoms with Gasteiger partial charge in [-0.3, -0.25) is 4.79 Å². The summed E-state index contributed by atoms with van der Waals surface area (Å²) in [6, 6.07) is 6.64. The van der Waals surface area contributed by atoms with Crippen LogP contribution >= 0.6 is 0 Å². The van der Waals surface area contributed by atoms with Gasteiger partial charge in [-0.05, 0) is 80.2 Å². The minimum absolute atomic E-state index is 0.917. The van der Waals surface area contributed by atoms with Crippen molar-refractivity contribution in [3.8, 4) is 5.75 Å². The first-order valence-electron chi connectivity index (χ1n) is 8.13. The van der Waals surface area contributed by atoms with Crippen molar-refractivity contribution in [3.05, 3.63) is 41.0 Å². The summed E-state index contributed by atoms with van der Waals surface area (Å²) < 4.78 is 5.42. The fourth-order valence-corrected chi connectivity index (χ4v) is 2.94. The molecule has 1 aromatic carbocycles. The van der Waals surface area contributed by atoms with Crippen molar-refractivity contribution >= 4 is 6.29 Å². The summed E-state index contributed by atoms with van der Waals surface area (Å²) in [5.74, 6) is 0.975. The molecule has 2 nitrogen and oxygen atoms in total. The normalized spacial score (nSPS) is 20.0. The summed E-state index contributed by atoms with van der Waals surface area (Å²) in [4.78, 5) is 11.0. The SMILES string of the molecule is COc1cc2cc(c1)CCCC/C(C=O)=C\CCCCC2. The molecule has 2 rings (SSSR count). The molecule has 0 aromatic heterocycles. The molecule has 0 N–H and O–H groups in total. The molecule has 1 aliphatic rings. The van der Waals surface area contributed by atoms with Crippen molar-refractivity contribution < 1.29 is 9.53 Å². The van der Waals surface area contributed by atoms with Gasteiger partial charge in [0, 0.05) is 0 Å². The maximum atomic E-state index is 11.0. The topological polar surface area (TPSA) is 26.3 Å². The number of hydrogen-bond acceptors (Lipinski definition) is 2. The van der Waals surface area contributed by atoms with Crippen LogP contribution in [-0.2, 0) is 17.6 Å². The molecule has 0 saturated carbocycles. The Morgan fingerprint density at radius 1 is 0.905 bits per heavy atom. The van der Waals surface area contributed by atoms with Gasteiger partial charge in [0.2, 0.25) is 0 Å². The second kappa shape index (κ2) is 8.66. The van der Waals surface area contributed by atoms with E-state index in [2.05, 4.69) is 24.3 Å².